The van der Waals surface area contributed by atoms with Crippen LogP contribution >= 0.6 is 0 Å². The molecule has 0 aliphatic heterocycles. The Morgan fingerprint density at radius 2 is 0.727 bits per heavy atom. The molecule has 0 unspecified atom stereocenters. The van der Waals surface area contributed by atoms with E-state index in [0.717, 1.165) is 0 Å². The minimum absolute atomic E-state index is 1.18. The van der Waals surface area contributed by atoms with E-state index in [-0.39, 0.29) is 0 Å². The van der Waals surface area contributed by atoms with Crippen LogP contribution in [0.2, 0.25) is 0 Å². The van der Waals surface area contributed by atoms with Crippen molar-refractivity contribution in [2.24, 2.45) is 0 Å². The van der Waals surface area contributed by atoms with Crippen molar-refractivity contribution in [1.29, 1.82) is 0 Å². The van der Waals surface area contributed by atoms with E-state index in [4.69, 9.17) is 0 Å². The molecule has 1 nitrogen and oxygen atoms in total. The van der Waals surface area contributed by atoms with Gasteiger partial charge < -0.3 is 4.98 Å². The first-order chi connectivity index (χ1) is 21.8. The highest BCUT2D eigenvalue weighted by molar-refractivity contribution is 7.20. The van der Waals surface area contributed by atoms with Gasteiger partial charge in [0.25, 0.3) is 0 Å². The molecule has 0 saturated carbocycles. The molecule has 0 fully saturated rings. The van der Waals surface area contributed by atoms with Gasteiger partial charge in [-0.25, -0.2) is 0 Å². The van der Waals surface area contributed by atoms with Crippen molar-refractivity contribution in [3.63, 3.8) is 0 Å². The number of fused-ring (bicyclic) bond motifs is 10. The Balaban J connectivity index is 1.41. The number of aromatic nitrogens is 1. The van der Waals surface area contributed by atoms with Gasteiger partial charge in [0.15, 0.2) is 8.07 Å². The lowest BCUT2D eigenvalue weighted by Crippen LogP contribution is -2.74. The summed E-state index contributed by atoms with van der Waals surface area (Å²) in [7, 11) is -2.62. The molecule has 2 heteroatoms. The quantitative estimate of drug-likeness (QED) is 0.124. The number of benzene rings is 8. The first-order valence-electron chi connectivity index (χ1n) is 15.3. The van der Waals surface area contributed by atoms with Crippen LogP contribution in [0.3, 0.4) is 0 Å². The van der Waals surface area contributed by atoms with Crippen molar-refractivity contribution in [3.8, 4) is 0 Å². The molecule has 0 bridgehead atoms. The fourth-order valence-electron chi connectivity index (χ4n) is 7.69. The van der Waals surface area contributed by atoms with E-state index in [1.54, 1.807) is 0 Å². The Bertz CT molecular complexity index is 2350. The zero-order valence-electron chi connectivity index (χ0n) is 24.2. The average Bonchev–Trinajstić information content (AvgIpc) is 3.48. The third kappa shape index (κ3) is 3.52. The summed E-state index contributed by atoms with van der Waals surface area (Å²) < 4.78 is 0. The number of rotatable bonds is 4. The topological polar surface area (TPSA) is 15.8 Å². The van der Waals surface area contributed by atoms with Gasteiger partial charge in [-0.2, -0.15) is 0 Å². The molecule has 0 atom stereocenters. The maximum absolute atomic E-state index is 3.87. The van der Waals surface area contributed by atoms with Crippen molar-refractivity contribution >= 4 is 82.9 Å². The molecular weight excluding hydrogens is 547 g/mol. The molecule has 0 aliphatic carbocycles. The average molecular weight is 576 g/mol. The Kier molecular flexibility index (Phi) is 5.59. The molecule has 8 aromatic carbocycles. The number of H-pyrrole nitrogens is 1. The van der Waals surface area contributed by atoms with Crippen LogP contribution in [-0.4, -0.2) is 13.1 Å². The maximum atomic E-state index is 3.87. The van der Waals surface area contributed by atoms with Gasteiger partial charge in [0, 0.05) is 27.2 Å². The summed E-state index contributed by atoms with van der Waals surface area (Å²) >= 11 is 0. The fraction of sp³-hybridized carbons (Fsp3) is 0. The molecule has 9 aromatic rings. The van der Waals surface area contributed by atoms with Gasteiger partial charge >= 0.3 is 0 Å². The second kappa shape index (κ2) is 9.80. The third-order valence-electron chi connectivity index (χ3n) is 9.52. The van der Waals surface area contributed by atoms with Crippen molar-refractivity contribution < 1.29 is 0 Å². The lowest BCUT2D eigenvalue weighted by Gasteiger charge is -2.34. The largest absolute Gasteiger partial charge is 0.354 e. The molecule has 1 N–H and O–H groups in total. The maximum Gasteiger partial charge on any atom is 0.179 e. The molecule has 0 aliphatic rings. The smallest absolute Gasteiger partial charge is 0.179 e. The summed E-state index contributed by atoms with van der Waals surface area (Å²) in [6.45, 7) is 0. The van der Waals surface area contributed by atoms with Crippen molar-refractivity contribution in [2.45, 2.75) is 0 Å². The van der Waals surface area contributed by atoms with Crippen LogP contribution in [0.5, 0.6) is 0 Å². The zero-order chi connectivity index (χ0) is 29.1. The summed E-state index contributed by atoms with van der Waals surface area (Å²) in [5.74, 6) is 0. The molecule has 0 spiro atoms. The van der Waals surface area contributed by atoms with E-state index in [1.807, 2.05) is 0 Å². The second-order valence-corrected chi connectivity index (χ2v) is 15.5. The lowest BCUT2D eigenvalue weighted by molar-refractivity contribution is 1.56. The van der Waals surface area contributed by atoms with E-state index in [9.17, 15) is 0 Å². The Morgan fingerprint density at radius 1 is 0.295 bits per heavy atom. The fourth-order valence-corrected chi connectivity index (χ4v) is 12.5. The van der Waals surface area contributed by atoms with Gasteiger partial charge in [0.1, 0.15) is 0 Å². The number of nitrogens with one attached hydrogen (secondary N) is 1. The van der Waals surface area contributed by atoms with Gasteiger partial charge in [-0.05, 0) is 59.8 Å². The molecule has 44 heavy (non-hydrogen) atoms. The highest BCUT2D eigenvalue weighted by Gasteiger charge is 2.41. The van der Waals surface area contributed by atoms with Crippen LogP contribution in [0.4, 0.5) is 0 Å². The van der Waals surface area contributed by atoms with Crippen LogP contribution in [0.1, 0.15) is 0 Å². The summed E-state index contributed by atoms with van der Waals surface area (Å²) in [5.41, 5.74) is 2.36. The van der Waals surface area contributed by atoms with E-state index in [2.05, 4.69) is 175 Å². The number of hydrogen-bond acceptors (Lipinski definition) is 0. The molecule has 1 heterocycles. The van der Waals surface area contributed by atoms with E-state index in [0.29, 0.717) is 0 Å². The third-order valence-corrected chi connectivity index (χ3v) is 14.3. The molecule has 0 radical (unpaired) electrons. The predicted molar refractivity (Wildman–Crippen MR) is 192 cm³/mol. The molecule has 9 rings (SSSR count). The molecular formula is C42H29NSi. The molecule has 1 aromatic heterocycles. The molecule has 206 valence electrons. The first-order valence-corrected chi connectivity index (χ1v) is 17.3. The van der Waals surface area contributed by atoms with E-state index >= 15 is 0 Å². The number of hydrogen-bond donors (Lipinski definition) is 1. The van der Waals surface area contributed by atoms with Crippen molar-refractivity contribution in [3.05, 3.63) is 170 Å². The Hall–Kier alpha value is -5.44. The second-order valence-electron chi connectivity index (χ2n) is 11.7. The van der Waals surface area contributed by atoms with Crippen LogP contribution in [0.25, 0.3) is 54.1 Å². The van der Waals surface area contributed by atoms with Crippen molar-refractivity contribution in [1.82, 2.24) is 4.98 Å². The zero-order valence-corrected chi connectivity index (χ0v) is 25.2. The van der Waals surface area contributed by atoms with Crippen molar-refractivity contribution in [2.75, 3.05) is 0 Å². The highest BCUT2D eigenvalue weighted by atomic mass is 28.3. The normalized spacial score (nSPS) is 12.1. The summed E-state index contributed by atoms with van der Waals surface area (Å²) in [6, 6.07) is 63.0. The Labute approximate surface area is 257 Å². The predicted octanol–water partition coefficient (Wildman–Crippen LogP) is 8.16. The van der Waals surface area contributed by atoms with E-state index < -0.39 is 8.07 Å². The first kappa shape index (κ1) is 25.1. The van der Waals surface area contributed by atoms with Crippen LogP contribution in [-0.2, 0) is 0 Å². The standard InChI is InChI=1S/C42H29NSi/c1-4-14-29(15-5-1)44(30-16-6-2-7-17-30,31-18-8-3-9-19-31)32-24-25-38-40(28-32)43-39-27-26-37-35-22-11-10-20-33(35)34-21-12-13-23-36(34)41(37)42(38)39/h1-28,43H. The van der Waals surface area contributed by atoms with Gasteiger partial charge in [0.05, 0.1) is 0 Å². The lowest BCUT2D eigenvalue weighted by atomic mass is 9.92. The summed E-state index contributed by atoms with van der Waals surface area (Å²) in [5, 5.41) is 16.0. The van der Waals surface area contributed by atoms with Crippen LogP contribution in [0, 0.1) is 0 Å². The van der Waals surface area contributed by atoms with Crippen LogP contribution < -0.4 is 20.7 Å². The summed E-state index contributed by atoms with van der Waals surface area (Å²) in [4.78, 5) is 3.87. The van der Waals surface area contributed by atoms with Crippen LogP contribution in [0.15, 0.2) is 170 Å². The van der Waals surface area contributed by atoms with Gasteiger partial charge in [-0.15, -0.1) is 0 Å². The van der Waals surface area contributed by atoms with Gasteiger partial charge in [0.2, 0.25) is 0 Å². The van der Waals surface area contributed by atoms with Gasteiger partial charge in [-0.3, -0.25) is 0 Å². The highest BCUT2D eigenvalue weighted by Crippen LogP contribution is 2.41. The molecule has 0 amide bonds. The number of aromatic amines is 1. The summed E-state index contributed by atoms with van der Waals surface area (Å²) in [6.07, 6.45) is 0. The minimum Gasteiger partial charge on any atom is -0.354 e. The minimum atomic E-state index is -2.62. The monoisotopic (exact) mass is 575 g/mol. The Morgan fingerprint density at radius 3 is 1.27 bits per heavy atom. The molecule has 0 saturated heterocycles. The van der Waals surface area contributed by atoms with Gasteiger partial charge in [-0.1, -0.05) is 158 Å². The SMILES string of the molecule is c1ccc([Si](c2ccccc2)(c2ccccc2)c2ccc3c(c2)[nH]c2ccc4c5ccccc5c5ccccc5c4c23)cc1. The van der Waals surface area contributed by atoms with E-state index in [1.165, 1.54) is 74.9 Å².